The van der Waals surface area contributed by atoms with Crippen molar-refractivity contribution < 1.29 is 20.3 Å². The Morgan fingerprint density at radius 2 is 0.480 bits per heavy atom. The molecule has 144 valence electrons. The first-order chi connectivity index (χ1) is 12.4. The van der Waals surface area contributed by atoms with Crippen LogP contribution in [-0.4, -0.2) is 0 Å². The average molecular weight is 424 g/mol. The van der Waals surface area contributed by atoms with Crippen molar-refractivity contribution in [3.8, 4) is 0 Å². The second-order valence-electron chi connectivity index (χ2n) is 10.3. The van der Waals surface area contributed by atoms with Crippen LogP contribution in [-0.2, 0) is 20.3 Å². The molecule has 0 amide bonds. The van der Waals surface area contributed by atoms with E-state index in [9.17, 15) is 0 Å². The Morgan fingerprint density at radius 3 is 0.680 bits per heavy atom. The minimum atomic E-state index is -2.20. The third-order valence-corrected chi connectivity index (χ3v) is 28.8. The molecule has 0 heterocycles. The van der Waals surface area contributed by atoms with Crippen LogP contribution in [0.25, 0.3) is 0 Å². The monoisotopic (exact) mass is 422 g/mol. The summed E-state index contributed by atoms with van der Waals surface area (Å²) in [5, 5.41) is 0. The molecule has 0 spiro atoms. The first kappa shape index (κ1) is 19.2. The van der Waals surface area contributed by atoms with Crippen LogP contribution in [0.3, 0.4) is 0 Å². The zero-order valence-corrected chi connectivity index (χ0v) is 19.4. The molecule has 4 rings (SSSR count). The van der Waals surface area contributed by atoms with Crippen molar-refractivity contribution in [2.24, 2.45) is 0 Å². The Labute approximate surface area is 162 Å². The molecule has 0 N–H and O–H groups in total. The van der Waals surface area contributed by atoms with E-state index in [4.69, 9.17) is 0 Å². The fourth-order valence-corrected chi connectivity index (χ4v) is 32.1. The van der Waals surface area contributed by atoms with Gasteiger partial charge in [0, 0.05) is 0 Å². The summed E-state index contributed by atoms with van der Waals surface area (Å²) in [6.45, 7) is 0. The van der Waals surface area contributed by atoms with E-state index in [1.165, 1.54) is 14.5 Å². The molecule has 0 radical (unpaired) electrons. The predicted octanol–water partition coefficient (Wildman–Crippen LogP) is 9.15. The van der Waals surface area contributed by atoms with Gasteiger partial charge in [-0.25, -0.2) is 0 Å². The van der Waals surface area contributed by atoms with Gasteiger partial charge in [-0.3, -0.25) is 0 Å². The van der Waals surface area contributed by atoms with E-state index >= 15 is 0 Å². The van der Waals surface area contributed by atoms with Gasteiger partial charge in [0.15, 0.2) is 0 Å². The van der Waals surface area contributed by atoms with Crippen molar-refractivity contribution in [3.63, 3.8) is 0 Å². The van der Waals surface area contributed by atoms with E-state index < -0.39 is 20.3 Å². The zero-order valence-electron chi connectivity index (χ0n) is 17.0. The van der Waals surface area contributed by atoms with Gasteiger partial charge >= 0.3 is 163 Å². The fraction of sp³-hybridized carbons (Fsp3) is 1.00. The summed E-state index contributed by atoms with van der Waals surface area (Å²) in [7, 11) is 0. The molecule has 4 fully saturated rings. The summed E-state index contributed by atoms with van der Waals surface area (Å²) in [6.07, 6.45) is 32.7. The molecule has 0 aromatic rings. The fourth-order valence-electron chi connectivity index (χ4n) is 8.41. The SMILES string of the molecule is C1CC[CH]([Zr]([CH]2CCCCC2)([CH]2CCCCC2)[CH]2CCCCC2)CC1. The van der Waals surface area contributed by atoms with Gasteiger partial charge in [-0.1, -0.05) is 0 Å². The molecule has 25 heavy (non-hydrogen) atoms. The van der Waals surface area contributed by atoms with E-state index in [1.807, 2.05) is 0 Å². The second kappa shape index (κ2) is 9.39. The van der Waals surface area contributed by atoms with Gasteiger partial charge in [0.2, 0.25) is 0 Å². The van der Waals surface area contributed by atoms with E-state index in [-0.39, 0.29) is 0 Å². The molecule has 0 atom stereocenters. The number of hydrogen-bond donors (Lipinski definition) is 0. The molecule has 0 nitrogen and oxygen atoms in total. The molecule has 4 saturated carbocycles. The predicted molar refractivity (Wildman–Crippen MR) is 107 cm³/mol. The summed E-state index contributed by atoms with van der Waals surface area (Å²) in [6, 6.07) is 0. The normalized spacial score (nSPS) is 29.8. The van der Waals surface area contributed by atoms with Crippen molar-refractivity contribution in [1.29, 1.82) is 0 Å². The summed E-state index contributed by atoms with van der Waals surface area (Å²) in [4.78, 5) is 0. The van der Waals surface area contributed by atoms with Crippen LogP contribution in [0, 0.1) is 0 Å². The van der Waals surface area contributed by atoms with Gasteiger partial charge in [0.25, 0.3) is 0 Å². The summed E-state index contributed by atoms with van der Waals surface area (Å²) in [5.41, 5.74) is 0. The van der Waals surface area contributed by atoms with Gasteiger partial charge in [0.05, 0.1) is 0 Å². The first-order valence-electron chi connectivity index (χ1n) is 12.4. The van der Waals surface area contributed by atoms with Crippen LogP contribution < -0.4 is 0 Å². The Bertz CT molecular complexity index is 301. The van der Waals surface area contributed by atoms with E-state index in [1.54, 1.807) is 128 Å². The average Bonchev–Trinajstić information content (AvgIpc) is 2.72. The van der Waals surface area contributed by atoms with Crippen molar-refractivity contribution >= 4 is 0 Å². The van der Waals surface area contributed by atoms with Crippen LogP contribution in [0.4, 0.5) is 0 Å². The third-order valence-electron chi connectivity index (χ3n) is 9.25. The molecule has 0 unspecified atom stereocenters. The third kappa shape index (κ3) is 4.03. The number of hydrogen-bond acceptors (Lipinski definition) is 0. The Morgan fingerprint density at radius 1 is 0.280 bits per heavy atom. The number of rotatable bonds is 4. The molecule has 4 aliphatic carbocycles. The van der Waals surface area contributed by atoms with E-state index in [2.05, 4.69) is 0 Å². The van der Waals surface area contributed by atoms with Crippen LogP contribution in [0.15, 0.2) is 0 Å². The van der Waals surface area contributed by atoms with Crippen molar-refractivity contribution in [2.75, 3.05) is 0 Å². The topological polar surface area (TPSA) is 0 Å². The van der Waals surface area contributed by atoms with E-state index in [0.717, 1.165) is 0 Å². The maximum absolute atomic E-state index is 2.20. The van der Waals surface area contributed by atoms with Crippen LogP contribution in [0.1, 0.15) is 128 Å². The standard InChI is InChI=1S/4C6H11.Zr/c4*1-2-4-6-5-3-1;/h4*1H,2-6H2;. The van der Waals surface area contributed by atoms with Crippen LogP contribution >= 0.6 is 0 Å². The van der Waals surface area contributed by atoms with Gasteiger partial charge in [-0.05, 0) is 0 Å². The Balaban J connectivity index is 1.70. The molecular formula is C24H44Zr. The molecule has 0 aromatic carbocycles. The minimum absolute atomic E-state index is 1.32. The second-order valence-corrected chi connectivity index (χ2v) is 23.3. The first-order valence-corrected chi connectivity index (χ1v) is 18.1. The van der Waals surface area contributed by atoms with Gasteiger partial charge in [-0.2, -0.15) is 0 Å². The Kier molecular flexibility index (Phi) is 7.21. The molecule has 0 bridgehead atoms. The van der Waals surface area contributed by atoms with E-state index in [0.29, 0.717) is 0 Å². The van der Waals surface area contributed by atoms with Crippen molar-refractivity contribution in [1.82, 2.24) is 0 Å². The summed E-state index contributed by atoms with van der Waals surface area (Å²) < 4.78 is 5.27. The van der Waals surface area contributed by atoms with Gasteiger partial charge < -0.3 is 0 Å². The van der Waals surface area contributed by atoms with Gasteiger partial charge in [0.1, 0.15) is 0 Å². The van der Waals surface area contributed by atoms with Crippen molar-refractivity contribution in [2.45, 2.75) is 143 Å². The van der Waals surface area contributed by atoms with Gasteiger partial charge in [-0.15, -0.1) is 0 Å². The molecular weight excluding hydrogens is 379 g/mol. The summed E-state index contributed by atoms with van der Waals surface area (Å²) >= 11 is -2.20. The molecule has 0 saturated heterocycles. The molecule has 1 heteroatoms. The van der Waals surface area contributed by atoms with Crippen molar-refractivity contribution in [3.05, 3.63) is 0 Å². The van der Waals surface area contributed by atoms with Crippen LogP contribution in [0.2, 0.25) is 14.5 Å². The Hall–Kier alpha value is 0.883. The summed E-state index contributed by atoms with van der Waals surface area (Å²) in [5.74, 6) is 0. The molecule has 4 aliphatic rings. The molecule has 0 aliphatic heterocycles. The zero-order chi connectivity index (χ0) is 17.0. The maximum atomic E-state index is 1.69. The van der Waals surface area contributed by atoms with Crippen LogP contribution in [0.5, 0.6) is 0 Å². The quantitative estimate of drug-likeness (QED) is 0.422. The molecule has 0 aromatic heterocycles.